The van der Waals surface area contributed by atoms with Crippen molar-refractivity contribution in [2.45, 2.75) is 6.42 Å². The number of nitrogens with one attached hydrogen (secondary N) is 1. The SMILES string of the molecule is O=C1CN(c2c(O)cc3ccc(OCCc4ccccc4)nc3c2F)S(=O)(=O)N1. The number of aromatic hydroxyl groups is 1. The lowest BCUT2D eigenvalue weighted by molar-refractivity contribution is -0.117. The van der Waals surface area contributed by atoms with Gasteiger partial charge in [-0.1, -0.05) is 30.3 Å². The Balaban J connectivity index is 1.65. The zero-order valence-corrected chi connectivity index (χ0v) is 15.8. The number of aromatic nitrogens is 1. The van der Waals surface area contributed by atoms with E-state index in [0.29, 0.717) is 17.3 Å². The molecule has 1 fully saturated rings. The van der Waals surface area contributed by atoms with Crippen LogP contribution in [0.15, 0.2) is 48.5 Å². The van der Waals surface area contributed by atoms with Crippen LogP contribution in [-0.2, 0) is 21.4 Å². The predicted octanol–water partition coefficient (Wildman–Crippen LogP) is 1.88. The fourth-order valence-corrected chi connectivity index (χ4v) is 4.23. The Labute approximate surface area is 165 Å². The van der Waals surface area contributed by atoms with E-state index in [1.165, 1.54) is 18.2 Å². The third-order valence-electron chi connectivity index (χ3n) is 4.40. The Morgan fingerprint density at radius 3 is 2.66 bits per heavy atom. The zero-order valence-electron chi connectivity index (χ0n) is 15.0. The second-order valence-corrected chi connectivity index (χ2v) is 8.00. The Bertz CT molecular complexity index is 1200. The normalized spacial score (nSPS) is 15.5. The molecule has 1 aliphatic rings. The number of carbonyl (C=O) groups excluding carboxylic acids is 1. The van der Waals surface area contributed by atoms with Crippen molar-refractivity contribution in [2.24, 2.45) is 0 Å². The number of hydrogen-bond acceptors (Lipinski definition) is 6. The number of carbonyl (C=O) groups is 1. The van der Waals surface area contributed by atoms with Gasteiger partial charge in [0.15, 0.2) is 5.82 Å². The molecule has 0 saturated carbocycles. The molecule has 150 valence electrons. The molecule has 0 bridgehead atoms. The van der Waals surface area contributed by atoms with Gasteiger partial charge in [0.1, 0.15) is 23.5 Å². The molecule has 0 unspecified atom stereocenters. The minimum absolute atomic E-state index is 0.155. The first-order valence-electron chi connectivity index (χ1n) is 8.67. The third-order valence-corrected chi connectivity index (χ3v) is 5.78. The van der Waals surface area contributed by atoms with E-state index < -0.39 is 39.9 Å². The van der Waals surface area contributed by atoms with Crippen molar-refractivity contribution >= 4 is 32.7 Å². The van der Waals surface area contributed by atoms with Crippen molar-refractivity contribution in [3.63, 3.8) is 0 Å². The monoisotopic (exact) mass is 417 g/mol. The van der Waals surface area contributed by atoms with Gasteiger partial charge in [0, 0.05) is 17.9 Å². The van der Waals surface area contributed by atoms with Gasteiger partial charge in [-0.2, -0.15) is 8.42 Å². The van der Waals surface area contributed by atoms with Gasteiger partial charge in [-0.25, -0.2) is 18.4 Å². The van der Waals surface area contributed by atoms with Gasteiger partial charge in [0.2, 0.25) is 5.88 Å². The quantitative estimate of drug-likeness (QED) is 0.656. The molecule has 1 saturated heterocycles. The third kappa shape index (κ3) is 3.66. The highest BCUT2D eigenvalue weighted by molar-refractivity contribution is 7.92. The van der Waals surface area contributed by atoms with Gasteiger partial charge in [-0.3, -0.25) is 4.79 Å². The summed E-state index contributed by atoms with van der Waals surface area (Å²) >= 11 is 0. The lowest BCUT2D eigenvalue weighted by Gasteiger charge is -2.18. The molecule has 10 heteroatoms. The standard InChI is InChI=1S/C19H16FN3O5S/c20-17-18-13(10-14(24)19(17)23-11-15(25)22-29(23,26)27)6-7-16(21-18)28-9-8-12-4-2-1-3-5-12/h1-7,10,24H,8-9,11H2,(H,22,25). The molecule has 0 atom stereocenters. The summed E-state index contributed by atoms with van der Waals surface area (Å²) in [6, 6.07) is 13.9. The minimum atomic E-state index is -4.28. The van der Waals surface area contributed by atoms with E-state index in [4.69, 9.17) is 4.74 Å². The summed E-state index contributed by atoms with van der Waals surface area (Å²) < 4.78 is 47.0. The molecule has 1 aromatic heterocycles. The molecular formula is C19H16FN3O5S. The van der Waals surface area contributed by atoms with E-state index in [2.05, 4.69) is 4.98 Å². The summed E-state index contributed by atoms with van der Waals surface area (Å²) in [5.41, 5.74) is 0.262. The maximum Gasteiger partial charge on any atom is 0.326 e. The smallest absolute Gasteiger partial charge is 0.326 e. The number of nitrogens with zero attached hydrogens (tertiary/aromatic N) is 2. The molecule has 2 N–H and O–H groups in total. The number of phenols is 1. The molecule has 4 rings (SSSR count). The molecule has 0 radical (unpaired) electrons. The average Bonchev–Trinajstić information content (AvgIpc) is 2.95. The summed E-state index contributed by atoms with van der Waals surface area (Å²) in [6.45, 7) is -0.320. The van der Waals surface area contributed by atoms with Crippen LogP contribution in [0.2, 0.25) is 0 Å². The second-order valence-electron chi connectivity index (χ2n) is 6.40. The Morgan fingerprint density at radius 1 is 1.21 bits per heavy atom. The first-order valence-corrected chi connectivity index (χ1v) is 10.1. The molecule has 1 amide bonds. The van der Waals surface area contributed by atoms with Crippen molar-refractivity contribution in [1.29, 1.82) is 0 Å². The molecule has 1 aliphatic heterocycles. The van der Waals surface area contributed by atoms with Crippen molar-refractivity contribution in [2.75, 3.05) is 17.5 Å². The first kappa shape index (κ1) is 18.9. The highest BCUT2D eigenvalue weighted by atomic mass is 32.2. The maximum atomic E-state index is 15.1. The predicted molar refractivity (Wildman–Crippen MR) is 103 cm³/mol. The van der Waals surface area contributed by atoms with Gasteiger partial charge in [0.25, 0.3) is 5.91 Å². The number of fused-ring (bicyclic) bond motifs is 1. The van der Waals surface area contributed by atoms with Crippen LogP contribution in [0.1, 0.15) is 5.56 Å². The van der Waals surface area contributed by atoms with Crippen LogP contribution in [-0.4, -0.2) is 37.6 Å². The van der Waals surface area contributed by atoms with E-state index in [-0.39, 0.29) is 16.8 Å². The Morgan fingerprint density at radius 2 is 1.97 bits per heavy atom. The number of ether oxygens (including phenoxy) is 1. The van der Waals surface area contributed by atoms with Crippen LogP contribution in [0.4, 0.5) is 10.1 Å². The molecule has 29 heavy (non-hydrogen) atoms. The number of benzene rings is 2. The Kier molecular flexibility index (Phi) is 4.71. The summed E-state index contributed by atoms with van der Waals surface area (Å²) in [5.74, 6) is -2.35. The zero-order chi connectivity index (χ0) is 20.6. The van der Waals surface area contributed by atoms with Crippen molar-refractivity contribution in [3.8, 4) is 11.6 Å². The fourth-order valence-electron chi connectivity index (χ4n) is 3.07. The number of pyridine rings is 1. The summed E-state index contributed by atoms with van der Waals surface area (Å²) in [7, 11) is -4.28. The summed E-state index contributed by atoms with van der Waals surface area (Å²) in [6.07, 6.45) is 0.629. The fraction of sp³-hybridized carbons (Fsp3) is 0.158. The molecule has 3 aromatic rings. The van der Waals surface area contributed by atoms with Crippen LogP contribution in [0.25, 0.3) is 10.9 Å². The van der Waals surface area contributed by atoms with Crippen molar-refractivity contribution in [1.82, 2.24) is 9.71 Å². The molecule has 2 aromatic carbocycles. The first-order chi connectivity index (χ1) is 13.8. The van der Waals surface area contributed by atoms with Crippen molar-refractivity contribution < 1.29 is 27.4 Å². The number of anilines is 1. The Hall–Kier alpha value is -3.40. The highest BCUT2D eigenvalue weighted by Crippen LogP contribution is 2.38. The van der Waals surface area contributed by atoms with E-state index in [9.17, 15) is 18.3 Å². The molecule has 8 nitrogen and oxygen atoms in total. The summed E-state index contributed by atoms with van der Waals surface area (Å²) in [4.78, 5) is 15.6. The van der Waals surface area contributed by atoms with Gasteiger partial charge >= 0.3 is 10.2 Å². The van der Waals surface area contributed by atoms with E-state index in [0.717, 1.165) is 5.56 Å². The number of rotatable bonds is 5. The molecule has 0 aliphatic carbocycles. The van der Waals surface area contributed by atoms with Gasteiger partial charge in [-0.05, 0) is 17.7 Å². The van der Waals surface area contributed by atoms with Crippen LogP contribution in [0.5, 0.6) is 11.6 Å². The number of amides is 1. The molecule has 2 heterocycles. The van der Waals surface area contributed by atoms with Crippen molar-refractivity contribution in [3.05, 3.63) is 59.9 Å². The molecular weight excluding hydrogens is 401 g/mol. The van der Waals surface area contributed by atoms with Gasteiger partial charge < -0.3 is 9.84 Å². The van der Waals surface area contributed by atoms with Crippen LogP contribution < -0.4 is 13.8 Å². The minimum Gasteiger partial charge on any atom is -0.506 e. The van der Waals surface area contributed by atoms with E-state index in [1.54, 1.807) is 4.72 Å². The lowest BCUT2D eigenvalue weighted by atomic mass is 10.1. The number of hydrogen-bond donors (Lipinski definition) is 2. The van der Waals surface area contributed by atoms with E-state index in [1.807, 2.05) is 30.3 Å². The van der Waals surface area contributed by atoms with Crippen LogP contribution in [0.3, 0.4) is 0 Å². The summed E-state index contributed by atoms with van der Waals surface area (Å²) in [5, 5.41) is 10.4. The lowest BCUT2D eigenvalue weighted by Crippen LogP contribution is -2.30. The number of halogens is 1. The average molecular weight is 417 g/mol. The topological polar surface area (TPSA) is 109 Å². The second kappa shape index (κ2) is 7.21. The number of phenolic OH excluding ortho intramolecular Hbond substituents is 1. The van der Waals surface area contributed by atoms with Crippen LogP contribution in [0, 0.1) is 5.82 Å². The van der Waals surface area contributed by atoms with Gasteiger partial charge in [0.05, 0.1) is 6.61 Å². The van der Waals surface area contributed by atoms with Gasteiger partial charge in [-0.15, -0.1) is 0 Å². The molecule has 0 spiro atoms. The van der Waals surface area contributed by atoms with E-state index >= 15 is 4.39 Å². The van der Waals surface area contributed by atoms with Crippen LogP contribution >= 0.6 is 0 Å². The highest BCUT2D eigenvalue weighted by Gasteiger charge is 2.38. The largest absolute Gasteiger partial charge is 0.506 e. The maximum absolute atomic E-state index is 15.1.